The lowest BCUT2D eigenvalue weighted by molar-refractivity contribution is 0.0942. The van der Waals surface area contributed by atoms with Gasteiger partial charge in [0.05, 0.1) is 5.69 Å². The summed E-state index contributed by atoms with van der Waals surface area (Å²) in [6, 6.07) is 22.5. The summed E-state index contributed by atoms with van der Waals surface area (Å²) in [5.74, 6) is 0.382. The van der Waals surface area contributed by atoms with Crippen LogP contribution in [0.15, 0.2) is 66.7 Å². The van der Waals surface area contributed by atoms with Crippen molar-refractivity contribution in [3.8, 4) is 5.69 Å². The third-order valence-electron chi connectivity index (χ3n) is 5.84. The van der Waals surface area contributed by atoms with Gasteiger partial charge in [0.25, 0.3) is 5.91 Å². The minimum Gasteiger partial charge on any atom is -0.369 e. The van der Waals surface area contributed by atoms with Crippen molar-refractivity contribution in [2.45, 2.75) is 20.3 Å². The van der Waals surface area contributed by atoms with Crippen molar-refractivity contribution in [1.82, 2.24) is 20.0 Å². The van der Waals surface area contributed by atoms with Crippen molar-refractivity contribution in [2.24, 2.45) is 5.92 Å². The van der Waals surface area contributed by atoms with Gasteiger partial charge in [0, 0.05) is 50.6 Å². The fraction of sp³-hybridized carbons (Fsp3) is 0.385. The number of anilines is 1. The number of piperazine rings is 1. The molecule has 0 radical (unpaired) electrons. The minimum absolute atomic E-state index is 0.104. The number of aromatic nitrogens is 2. The Hall–Kier alpha value is -3.12. The summed E-state index contributed by atoms with van der Waals surface area (Å²) < 4.78 is 1.90. The third-order valence-corrected chi connectivity index (χ3v) is 5.84. The van der Waals surface area contributed by atoms with Crippen LogP contribution >= 0.6 is 0 Å². The van der Waals surface area contributed by atoms with Crippen LogP contribution in [-0.4, -0.2) is 59.9 Å². The van der Waals surface area contributed by atoms with Crippen LogP contribution in [0.4, 0.5) is 5.69 Å². The number of nitrogens with zero attached hydrogens (tertiary/aromatic N) is 4. The number of amides is 1. The Balaban J connectivity index is 1.30. The molecule has 0 atom stereocenters. The molecule has 1 N–H and O–H groups in total. The lowest BCUT2D eigenvalue weighted by Gasteiger charge is -2.36. The van der Waals surface area contributed by atoms with Gasteiger partial charge < -0.3 is 10.2 Å². The Bertz CT molecular complexity index is 992. The predicted molar refractivity (Wildman–Crippen MR) is 130 cm³/mol. The zero-order chi connectivity index (χ0) is 22.3. The average Bonchev–Trinajstić information content (AvgIpc) is 3.24. The van der Waals surface area contributed by atoms with Crippen molar-refractivity contribution in [3.05, 3.63) is 78.1 Å². The van der Waals surface area contributed by atoms with E-state index >= 15 is 0 Å². The van der Waals surface area contributed by atoms with E-state index in [0.717, 1.165) is 50.5 Å². The molecule has 168 valence electrons. The minimum atomic E-state index is -0.104. The highest BCUT2D eigenvalue weighted by Gasteiger charge is 2.19. The highest BCUT2D eigenvalue weighted by molar-refractivity contribution is 5.92. The molecule has 1 aliphatic rings. The molecule has 1 aromatic heterocycles. The van der Waals surface area contributed by atoms with Crippen molar-refractivity contribution in [3.63, 3.8) is 0 Å². The summed E-state index contributed by atoms with van der Waals surface area (Å²) >= 11 is 0. The normalized spacial score (nSPS) is 14.7. The smallest absolute Gasteiger partial charge is 0.271 e. The highest BCUT2D eigenvalue weighted by atomic mass is 16.1. The van der Waals surface area contributed by atoms with Crippen LogP contribution in [0.25, 0.3) is 5.69 Å². The van der Waals surface area contributed by atoms with Gasteiger partial charge in [0.1, 0.15) is 0 Å². The molecule has 0 unspecified atom stereocenters. The second-order valence-corrected chi connectivity index (χ2v) is 8.79. The first-order valence-electron chi connectivity index (χ1n) is 11.5. The first kappa shape index (κ1) is 22.1. The monoisotopic (exact) mass is 431 g/mol. The SMILES string of the molecule is CC(C)Cc1cc(C(=O)NCCN2CCN(c3ccccc3)CC2)nn1-c1ccccc1. The molecule has 2 aromatic carbocycles. The quantitative estimate of drug-likeness (QED) is 0.592. The predicted octanol–water partition coefficient (Wildman–Crippen LogP) is 3.62. The van der Waals surface area contributed by atoms with Crippen LogP contribution in [0.2, 0.25) is 0 Å². The maximum Gasteiger partial charge on any atom is 0.271 e. The lowest BCUT2D eigenvalue weighted by atomic mass is 10.1. The van der Waals surface area contributed by atoms with Crippen molar-refractivity contribution < 1.29 is 4.79 Å². The number of nitrogens with one attached hydrogen (secondary N) is 1. The molecule has 3 aromatic rings. The molecule has 1 saturated heterocycles. The Morgan fingerprint density at radius 3 is 2.19 bits per heavy atom. The Labute approximate surface area is 190 Å². The summed E-state index contributed by atoms with van der Waals surface area (Å²) in [6.07, 6.45) is 0.876. The molecule has 4 rings (SSSR count). The van der Waals surface area contributed by atoms with Crippen molar-refractivity contribution in [2.75, 3.05) is 44.2 Å². The van der Waals surface area contributed by atoms with E-state index in [-0.39, 0.29) is 5.91 Å². The maximum atomic E-state index is 12.8. The molecular weight excluding hydrogens is 398 g/mol. The first-order valence-corrected chi connectivity index (χ1v) is 11.5. The van der Waals surface area contributed by atoms with Gasteiger partial charge in [-0.2, -0.15) is 5.10 Å². The van der Waals surface area contributed by atoms with Gasteiger partial charge in [-0.1, -0.05) is 50.2 Å². The molecule has 6 heteroatoms. The molecule has 1 aliphatic heterocycles. The van der Waals surface area contributed by atoms with E-state index in [1.165, 1.54) is 5.69 Å². The second kappa shape index (κ2) is 10.5. The molecular formula is C26H33N5O. The van der Waals surface area contributed by atoms with Gasteiger partial charge in [0.2, 0.25) is 0 Å². The van der Waals surface area contributed by atoms with Gasteiger partial charge in [-0.15, -0.1) is 0 Å². The van der Waals surface area contributed by atoms with E-state index in [9.17, 15) is 4.79 Å². The summed E-state index contributed by atoms with van der Waals surface area (Å²) in [5.41, 5.74) is 3.82. The third kappa shape index (κ3) is 5.56. The topological polar surface area (TPSA) is 53.4 Å². The van der Waals surface area contributed by atoms with Crippen LogP contribution in [0.1, 0.15) is 30.0 Å². The summed E-state index contributed by atoms with van der Waals surface area (Å²) in [6.45, 7) is 9.88. The van der Waals surface area contributed by atoms with Gasteiger partial charge in [-0.3, -0.25) is 9.69 Å². The van der Waals surface area contributed by atoms with Gasteiger partial charge in [-0.05, 0) is 42.7 Å². The van der Waals surface area contributed by atoms with Crippen LogP contribution in [0.5, 0.6) is 0 Å². The van der Waals surface area contributed by atoms with E-state index in [1.54, 1.807) is 0 Å². The maximum absolute atomic E-state index is 12.8. The fourth-order valence-corrected chi connectivity index (χ4v) is 4.17. The number of hydrogen-bond donors (Lipinski definition) is 1. The number of carbonyl (C=O) groups excluding carboxylic acids is 1. The molecule has 0 saturated carbocycles. The van der Waals surface area contributed by atoms with Gasteiger partial charge >= 0.3 is 0 Å². The van der Waals surface area contributed by atoms with Crippen LogP contribution in [0, 0.1) is 5.92 Å². The summed E-state index contributed by atoms with van der Waals surface area (Å²) in [5, 5.41) is 7.69. The van der Waals surface area contributed by atoms with Crippen molar-refractivity contribution in [1.29, 1.82) is 0 Å². The van der Waals surface area contributed by atoms with E-state index in [2.05, 4.69) is 64.4 Å². The lowest BCUT2D eigenvalue weighted by Crippen LogP contribution is -2.48. The number of rotatable bonds is 8. The van der Waals surface area contributed by atoms with E-state index in [1.807, 2.05) is 41.1 Å². The number of hydrogen-bond acceptors (Lipinski definition) is 4. The zero-order valence-corrected chi connectivity index (χ0v) is 19.1. The molecule has 0 aliphatic carbocycles. The molecule has 2 heterocycles. The van der Waals surface area contributed by atoms with Crippen LogP contribution in [-0.2, 0) is 6.42 Å². The molecule has 6 nitrogen and oxygen atoms in total. The second-order valence-electron chi connectivity index (χ2n) is 8.79. The Morgan fingerprint density at radius 1 is 0.938 bits per heavy atom. The largest absolute Gasteiger partial charge is 0.369 e. The molecule has 0 spiro atoms. The molecule has 32 heavy (non-hydrogen) atoms. The fourth-order valence-electron chi connectivity index (χ4n) is 4.17. The van der Waals surface area contributed by atoms with Gasteiger partial charge in [-0.25, -0.2) is 4.68 Å². The highest BCUT2D eigenvalue weighted by Crippen LogP contribution is 2.17. The number of carbonyl (C=O) groups is 1. The number of benzene rings is 2. The van der Waals surface area contributed by atoms with Crippen molar-refractivity contribution >= 4 is 11.6 Å². The Kier molecular flexibility index (Phi) is 7.22. The number of para-hydroxylation sites is 2. The summed E-state index contributed by atoms with van der Waals surface area (Å²) in [4.78, 5) is 17.6. The van der Waals surface area contributed by atoms with Gasteiger partial charge in [0.15, 0.2) is 5.69 Å². The molecule has 1 amide bonds. The van der Waals surface area contributed by atoms with Crippen LogP contribution < -0.4 is 10.2 Å². The van der Waals surface area contributed by atoms with Crippen LogP contribution in [0.3, 0.4) is 0 Å². The zero-order valence-electron chi connectivity index (χ0n) is 19.1. The molecule has 0 bridgehead atoms. The van der Waals surface area contributed by atoms with E-state index in [0.29, 0.717) is 18.2 Å². The first-order chi connectivity index (χ1) is 15.6. The summed E-state index contributed by atoms with van der Waals surface area (Å²) in [7, 11) is 0. The average molecular weight is 432 g/mol. The van der Waals surface area contributed by atoms with E-state index < -0.39 is 0 Å². The standard InChI is InChI=1S/C26H33N5O/c1-21(2)19-24-20-25(28-31(24)23-11-7-4-8-12-23)26(32)27-13-14-29-15-17-30(18-16-29)22-9-5-3-6-10-22/h3-12,20-21H,13-19H2,1-2H3,(H,27,32). The van der Waals surface area contributed by atoms with E-state index in [4.69, 9.17) is 0 Å². The molecule has 1 fully saturated rings. The Morgan fingerprint density at radius 2 is 1.56 bits per heavy atom.